The van der Waals surface area contributed by atoms with Crippen molar-refractivity contribution in [3.63, 3.8) is 0 Å². The van der Waals surface area contributed by atoms with Crippen LogP contribution < -0.4 is 5.73 Å². The largest absolute Gasteiger partial charge is 0.329 e. The van der Waals surface area contributed by atoms with Gasteiger partial charge in [-0.3, -0.25) is 4.90 Å². The molecule has 0 spiro atoms. The van der Waals surface area contributed by atoms with Crippen LogP contribution in [0.15, 0.2) is 6.07 Å². The van der Waals surface area contributed by atoms with Crippen LogP contribution >= 0.6 is 11.3 Å². The van der Waals surface area contributed by atoms with Gasteiger partial charge >= 0.3 is 0 Å². The minimum atomic E-state index is 0.410. The Hall–Kier alpha value is -0.380. The molecule has 0 bridgehead atoms. The second-order valence-corrected chi connectivity index (χ2v) is 7.31. The summed E-state index contributed by atoms with van der Waals surface area (Å²) in [6.07, 6.45) is 2.66. The SMILES string of the molecule is Cc1cc(C(CN)N2CC(C)CCC2C)c(C)s1. The quantitative estimate of drug-likeness (QED) is 0.907. The lowest BCUT2D eigenvalue weighted by atomic mass is 9.91. The average molecular weight is 266 g/mol. The van der Waals surface area contributed by atoms with Crippen LogP contribution in [-0.4, -0.2) is 24.0 Å². The second-order valence-electron chi connectivity index (χ2n) is 5.85. The first-order valence-electron chi connectivity index (χ1n) is 7.05. The molecule has 1 aromatic rings. The fourth-order valence-electron chi connectivity index (χ4n) is 3.18. The van der Waals surface area contributed by atoms with Gasteiger partial charge in [0.15, 0.2) is 0 Å². The predicted molar refractivity (Wildman–Crippen MR) is 80.2 cm³/mol. The zero-order chi connectivity index (χ0) is 13.3. The average Bonchev–Trinajstić information content (AvgIpc) is 2.64. The van der Waals surface area contributed by atoms with E-state index in [0.29, 0.717) is 12.1 Å². The molecule has 102 valence electrons. The molecule has 1 aliphatic heterocycles. The number of nitrogens with two attached hydrogens (primary N) is 1. The van der Waals surface area contributed by atoms with Crippen LogP contribution in [-0.2, 0) is 0 Å². The molecule has 0 aromatic carbocycles. The Morgan fingerprint density at radius 1 is 1.39 bits per heavy atom. The van der Waals surface area contributed by atoms with Gasteiger partial charge in [0.1, 0.15) is 0 Å². The van der Waals surface area contributed by atoms with Gasteiger partial charge in [0, 0.05) is 34.9 Å². The van der Waals surface area contributed by atoms with E-state index in [1.807, 2.05) is 11.3 Å². The van der Waals surface area contributed by atoms with Crippen molar-refractivity contribution < 1.29 is 0 Å². The molecule has 0 radical (unpaired) electrons. The van der Waals surface area contributed by atoms with Crippen molar-refractivity contribution >= 4 is 11.3 Å². The first-order valence-corrected chi connectivity index (χ1v) is 7.87. The van der Waals surface area contributed by atoms with Gasteiger partial charge in [0.05, 0.1) is 0 Å². The van der Waals surface area contributed by atoms with Crippen LogP contribution in [0.2, 0.25) is 0 Å². The third-order valence-corrected chi connectivity index (χ3v) is 5.21. The summed E-state index contributed by atoms with van der Waals surface area (Å²) in [6.45, 7) is 11.1. The van der Waals surface area contributed by atoms with Crippen LogP contribution in [0.4, 0.5) is 0 Å². The van der Waals surface area contributed by atoms with E-state index >= 15 is 0 Å². The van der Waals surface area contributed by atoms with Crippen LogP contribution in [0.25, 0.3) is 0 Å². The summed E-state index contributed by atoms with van der Waals surface area (Å²) in [5, 5.41) is 0. The van der Waals surface area contributed by atoms with Gasteiger partial charge in [-0.2, -0.15) is 0 Å². The number of nitrogens with zero attached hydrogens (tertiary/aromatic N) is 1. The first kappa shape index (κ1) is 14.0. The molecule has 1 fully saturated rings. The van der Waals surface area contributed by atoms with E-state index in [2.05, 4.69) is 38.7 Å². The lowest BCUT2D eigenvalue weighted by Crippen LogP contribution is -2.45. The Kier molecular flexibility index (Phi) is 4.46. The van der Waals surface area contributed by atoms with Crippen LogP contribution in [0.1, 0.15) is 48.0 Å². The van der Waals surface area contributed by atoms with Gasteiger partial charge in [-0.15, -0.1) is 11.3 Å². The van der Waals surface area contributed by atoms with Crippen molar-refractivity contribution in [2.45, 2.75) is 52.6 Å². The minimum absolute atomic E-state index is 0.410. The van der Waals surface area contributed by atoms with E-state index in [-0.39, 0.29) is 0 Å². The van der Waals surface area contributed by atoms with Crippen LogP contribution in [0, 0.1) is 19.8 Å². The number of piperidine rings is 1. The molecule has 3 heteroatoms. The van der Waals surface area contributed by atoms with Gasteiger partial charge in [-0.1, -0.05) is 6.92 Å². The number of hydrogen-bond donors (Lipinski definition) is 1. The first-order chi connectivity index (χ1) is 8.52. The minimum Gasteiger partial charge on any atom is -0.329 e. The van der Waals surface area contributed by atoms with Gasteiger partial charge in [-0.05, 0) is 51.2 Å². The summed E-state index contributed by atoms with van der Waals surface area (Å²) in [5.41, 5.74) is 7.54. The Balaban J connectivity index is 2.24. The third-order valence-electron chi connectivity index (χ3n) is 4.23. The number of thiophene rings is 1. The zero-order valence-corrected chi connectivity index (χ0v) is 12.9. The molecule has 1 saturated heterocycles. The molecule has 2 heterocycles. The molecular weight excluding hydrogens is 240 g/mol. The summed E-state index contributed by atoms with van der Waals surface area (Å²) in [7, 11) is 0. The normalized spacial score (nSPS) is 27.4. The molecule has 0 amide bonds. The number of hydrogen-bond acceptors (Lipinski definition) is 3. The summed E-state index contributed by atoms with van der Waals surface area (Å²) < 4.78 is 0. The Bertz CT molecular complexity index is 399. The smallest absolute Gasteiger partial charge is 0.0484 e. The van der Waals surface area contributed by atoms with Crippen molar-refractivity contribution in [2.75, 3.05) is 13.1 Å². The molecule has 18 heavy (non-hydrogen) atoms. The highest BCUT2D eigenvalue weighted by atomic mass is 32.1. The summed E-state index contributed by atoms with van der Waals surface area (Å²) in [4.78, 5) is 5.47. The Morgan fingerprint density at radius 3 is 2.67 bits per heavy atom. The van der Waals surface area contributed by atoms with Crippen LogP contribution in [0.5, 0.6) is 0 Å². The molecule has 1 aromatic heterocycles. The Labute approximate surface area is 115 Å². The zero-order valence-electron chi connectivity index (χ0n) is 12.1. The van der Waals surface area contributed by atoms with Gasteiger partial charge in [0.2, 0.25) is 0 Å². The predicted octanol–water partition coefficient (Wildman–Crippen LogP) is 3.49. The van der Waals surface area contributed by atoms with E-state index in [1.165, 1.54) is 34.7 Å². The molecule has 2 rings (SSSR count). The third kappa shape index (κ3) is 2.79. The number of likely N-dealkylation sites (tertiary alicyclic amines) is 1. The number of aryl methyl sites for hydroxylation is 2. The number of rotatable bonds is 3. The van der Waals surface area contributed by atoms with E-state index in [1.54, 1.807) is 0 Å². The van der Waals surface area contributed by atoms with Crippen LogP contribution in [0.3, 0.4) is 0 Å². The fourth-order valence-corrected chi connectivity index (χ4v) is 4.16. The molecule has 3 atom stereocenters. The molecule has 0 aliphatic carbocycles. The van der Waals surface area contributed by atoms with Gasteiger partial charge < -0.3 is 5.73 Å². The van der Waals surface area contributed by atoms with Gasteiger partial charge in [0.25, 0.3) is 0 Å². The van der Waals surface area contributed by atoms with Crippen molar-refractivity contribution in [3.8, 4) is 0 Å². The Morgan fingerprint density at radius 2 is 2.11 bits per heavy atom. The van der Waals surface area contributed by atoms with E-state index in [0.717, 1.165) is 12.5 Å². The summed E-state index contributed by atoms with van der Waals surface area (Å²) >= 11 is 1.90. The fraction of sp³-hybridized carbons (Fsp3) is 0.733. The summed E-state index contributed by atoms with van der Waals surface area (Å²) in [5.74, 6) is 0.801. The van der Waals surface area contributed by atoms with Crippen molar-refractivity contribution in [2.24, 2.45) is 11.7 Å². The lowest BCUT2D eigenvalue weighted by molar-refractivity contribution is 0.0797. The summed E-state index contributed by atoms with van der Waals surface area (Å²) in [6, 6.07) is 3.41. The molecule has 1 aliphatic rings. The van der Waals surface area contributed by atoms with Crippen molar-refractivity contribution in [1.29, 1.82) is 0 Å². The maximum absolute atomic E-state index is 6.08. The molecule has 0 saturated carbocycles. The molecule has 2 N–H and O–H groups in total. The molecule has 3 unspecified atom stereocenters. The maximum atomic E-state index is 6.08. The van der Waals surface area contributed by atoms with Crippen molar-refractivity contribution in [3.05, 3.63) is 21.4 Å². The maximum Gasteiger partial charge on any atom is 0.0484 e. The standard InChI is InChI=1S/C15H26N2S/c1-10-5-6-11(2)17(9-10)15(8-16)14-7-12(3)18-13(14)4/h7,10-11,15H,5-6,8-9,16H2,1-4H3. The van der Waals surface area contributed by atoms with E-state index in [9.17, 15) is 0 Å². The van der Waals surface area contributed by atoms with Gasteiger partial charge in [-0.25, -0.2) is 0 Å². The lowest BCUT2D eigenvalue weighted by Gasteiger charge is -2.42. The second kappa shape index (κ2) is 5.72. The highest BCUT2D eigenvalue weighted by molar-refractivity contribution is 7.12. The van der Waals surface area contributed by atoms with E-state index in [4.69, 9.17) is 5.73 Å². The monoisotopic (exact) mass is 266 g/mol. The van der Waals surface area contributed by atoms with E-state index < -0.39 is 0 Å². The highest BCUT2D eigenvalue weighted by Crippen LogP contribution is 2.34. The molecular formula is C15H26N2S. The van der Waals surface area contributed by atoms with Crippen molar-refractivity contribution in [1.82, 2.24) is 4.90 Å². The highest BCUT2D eigenvalue weighted by Gasteiger charge is 2.30. The molecule has 2 nitrogen and oxygen atoms in total. The topological polar surface area (TPSA) is 29.3 Å².